The SMILES string of the molecule is Oc1ccc(C2CCC(C3CCC(C4CCC4)CC3)OC2)c(F)c1F. The van der Waals surface area contributed by atoms with Gasteiger partial charge in [-0.05, 0) is 67.9 Å². The van der Waals surface area contributed by atoms with Crippen LogP contribution in [0.5, 0.6) is 5.75 Å². The number of hydrogen-bond acceptors (Lipinski definition) is 2. The van der Waals surface area contributed by atoms with Crippen molar-refractivity contribution in [3.63, 3.8) is 0 Å². The van der Waals surface area contributed by atoms with E-state index >= 15 is 0 Å². The number of aromatic hydroxyl groups is 1. The van der Waals surface area contributed by atoms with E-state index in [0.717, 1.165) is 24.7 Å². The van der Waals surface area contributed by atoms with E-state index in [1.54, 1.807) is 0 Å². The summed E-state index contributed by atoms with van der Waals surface area (Å²) in [5.41, 5.74) is 0.336. The molecule has 2 saturated carbocycles. The van der Waals surface area contributed by atoms with Crippen LogP contribution >= 0.6 is 0 Å². The van der Waals surface area contributed by atoms with Gasteiger partial charge in [0.1, 0.15) is 0 Å². The minimum atomic E-state index is -1.14. The van der Waals surface area contributed by atoms with Gasteiger partial charge in [-0.25, -0.2) is 4.39 Å². The van der Waals surface area contributed by atoms with Crippen LogP contribution in [0.4, 0.5) is 8.78 Å². The van der Waals surface area contributed by atoms with Crippen molar-refractivity contribution in [2.24, 2.45) is 17.8 Å². The molecule has 138 valence electrons. The Bertz CT molecular complexity index is 598. The molecule has 1 saturated heterocycles. The van der Waals surface area contributed by atoms with E-state index < -0.39 is 17.4 Å². The van der Waals surface area contributed by atoms with Gasteiger partial charge in [0.25, 0.3) is 0 Å². The molecule has 1 N–H and O–H groups in total. The number of phenolic OH excluding ortho intramolecular Hbond substituents is 1. The summed E-state index contributed by atoms with van der Waals surface area (Å²) < 4.78 is 33.7. The lowest BCUT2D eigenvalue weighted by Gasteiger charge is -2.42. The van der Waals surface area contributed by atoms with Crippen LogP contribution in [0.2, 0.25) is 0 Å². The summed E-state index contributed by atoms with van der Waals surface area (Å²) >= 11 is 0. The lowest BCUT2D eigenvalue weighted by Crippen LogP contribution is -2.35. The number of benzene rings is 1. The molecule has 2 atom stereocenters. The second-order valence-corrected chi connectivity index (χ2v) is 8.31. The minimum Gasteiger partial charge on any atom is -0.505 e. The van der Waals surface area contributed by atoms with E-state index in [1.165, 1.54) is 57.1 Å². The van der Waals surface area contributed by atoms with Crippen molar-refractivity contribution < 1.29 is 18.6 Å². The summed E-state index contributed by atoms with van der Waals surface area (Å²) in [4.78, 5) is 0. The zero-order valence-corrected chi connectivity index (χ0v) is 14.7. The minimum absolute atomic E-state index is 0.113. The van der Waals surface area contributed by atoms with Gasteiger partial charge in [0.2, 0.25) is 5.82 Å². The monoisotopic (exact) mass is 350 g/mol. The normalized spacial score (nSPS) is 33.8. The third-order valence-corrected chi connectivity index (χ3v) is 7.00. The van der Waals surface area contributed by atoms with Crippen LogP contribution in [0.25, 0.3) is 0 Å². The average molecular weight is 350 g/mol. The van der Waals surface area contributed by atoms with E-state index in [0.29, 0.717) is 18.1 Å². The molecule has 0 radical (unpaired) electrons. The van der Waals surface area contributed by atoms with Crippen molar-refractivity contribution in [3.05, 3.63) is 29.3 Å². The molecule has 1 aliphatic heterocycles. The van der Waals surface area contributed by atoms with Crippen molar-refractivity contribution in [3.8, 4) is 5.75 Å². The summed E-state index contributed by atoms with van der Waals surface area (Å²) in [5.74, 6) is -0.238. The standard InChI is InChI=1S/C21H28F2O2/c22-20-17(9-10-18(24)21(20)23)16-8-11-19(25-12-16)15-6-4-14(5-7-15)13-2-1-3-13/h9-10,13-16,19,24H,1-8,11-12H2. The van der Waals surface area contributed by atoms with E-state index in [1.807, 2.05) is 0 Å². The Morgan fingerprint density at radius 2 is 1.48 bits per heavy atom. The lowest BCUT2D eigenvalue weighted by atomic mass is 9.67. The quantitative estimate of drug-likeness (QED) is 0.775. The van der Waals surface area contributed by atoms with E-state index in [9.17, 15) is 13.9 Å². The summed E-state index contributed by atoms with van der Waals surface area (Å²) in [6, 6.07) is 2.73. The van der Waals surface area contributed by atoms with Gasteiger partial charge in [-0.2, -0.15) is 4.39 Å². The fourth-order valence-electron chi connectivity index (χ4n) is 5.16. The third-order valence-electron chi connectivity index (χ3n) is 7.00. The zero-order chi connectivity index (χ0) is 17.4. The summed E-state index contributed by atoms with van der Waals surface area (Å²) in [7, 11) is 0. The molecule has 0 amide bonds. The van der Waals surface area contributed by atoms with E-state index in [4.69, 9.17) is 4.74 Å². The number of rotatable bonds is 3. The van der Waals surface area contributed by atoms with Gasteiger partial charge >= 0.3 is 0 Å². The molecule has 4 rings (SSSR count). The van der Waals surface area contributed by atoms with Gasteiger partial charge in [-0.15, -0.1) is 0 Å². The Labute approximate surface area is 148 Å². The van der Waals surface area contributed by atoms with Crippen LogP contribution in [0, 0.1) is 29.4 Å². The van der Waals surface area contributed by atoms with Crippen LogP contribution in [-0.2, 0) is 4.74 Å². The van der Waals surface area contributed by atoms with Gasteiger partial charge in [0.15, 0.2) is 11.6 Å². The van der Waals surface area contributed by atoms with Crippen LogP contribution in [0.3, 0.4) is 0 Å². The Hall–Kier alpha value is -1.16. The van der Waals surface area contributed by atoms with Crippen LogP contribution in [0.15, 0.2) is 12.1 Å². The predicted octanol–water partition coefficient (Wildman–Crippen LogP) is 5.54. The highest BCUT2D eigenvalue weighted by Gasteiger charge is 2.36. The molecule has 2 nitrogen and oxygen atoms in total. The van der Waals surface area contributed by atoms with Crippen LogP contribution in [0.1, 0.15) is 69.3 Å². The molecule has 4 heteroatoms. The molecule has 0 aromatic heterocycles. The fourth-order valence-corrected chi connectivity index (χ4v) is 5.16. The molecule has 2 aliphatic carbocycles. The fraction of sp³-hybridized carbons (Fsp3) is 0.714. The Kier molecular flexibility index (Phi) is 4.99. The zero-order valence-electron chi connectivity index (χ0n) is 14.7. The van der Waals surface area contributed by atoms with Gasteiger partial charge < -0.3 is 9.84 Å². The largest absolute Gasteiger partial charge is 0.505 e. The maximum Gasteiger partial charge on any atom is 0.200 e. The maximum absolute atomic E-state index is 14.1. The van der Waals surface area contributed by atoms with Gasteiger partial charge in [0, 0.05) is 5.92 Å². The topological polar surface area (TPSA) is 29.5 Å². The van der Waals surface area contributed by atoms with Crippen molar-refractivity contribution in [2.75, 3.05) is 6.61 Å². The molecule has 0 spiro atoms. The second kappa shape index (κ2) is 7.22. The van der Waals surface area contributed by atoms with Crippen LogP contribution < -0.4 is 0 Å². The maximum atomic E-state index is 14.1. The highest BCUT2D eigenvalue weighted by atomic mass is 19.2. The van der Waals surface area contributed by atoms with Crippen molar-refractivity contribution in [2.45, 2.75) is 69.8 Å². The number of ether oxygens (including phenoxy) is 1. The predicted molar refractivity (Wildman–Crippen MR) is 92.5 cm³/mol. The van der Waals surface area contributed by atoms with E-state index in [-0.39, 0.29) is 12.0 Å². The summed E-state index contributed by atoms with van der Waals surface area (Å²) in [6.45, 7) is 0.453. The average Bonchev–Trinajstić information content (AvgIpc) is 2.59. The molecular formula is C21H28F2O2. The summed E-state index contributed by atoms with van der Waals surface area (Å²) in [6.07, 6.45) is 11.5. The molecule has 3 fully saturated rings. The van der Waals surface area contributed by atoms with Crippen LogP contribution in [-0.4, -0.2) is 17.8 Å². The lowest BCUT2D eigenvalue weighted by molar-refractivity contribution is -0.0476. The number of halogens is 2. The number of hydrogen-bond donors (Lipinski definition) is 1. The second-order valence-electron chi connectivity index (χ2n) is 8.31. The summed E-state index contributed by atoms with van der Waals surface area (Å²) in [5, 5.41) is 9.27. The number of phenols is 1. The first-order valence-corrected chi connectivity index (χ1v) is 9.92. The first-order chi connectivity index (χ1) is 12.1. The molecule has 1 aromatic carbocycles. The Morgan fingerprint density at radius 3 is 2.08 bits per heavy atom. The first-order valence-electron chi connectivity index (χ1n) is 9.92. The molecule has 1 aromatic rings. The van der Waals surface area contributed by atoms with Gasteiger partial charge in [-0.3, -0.25) is 0 Å². The molecule has 3 aliphatic rings. The highest BCUT2D eigenvalue weighted by molar-refractivity contribution is 5.32. The molecule has 25 heavy (non-hydrogen) atoms. The molecule has 1 heterocycles. The third kappa shape index (κ3) is 3.42. The van der Waals surface area contributed by atoms with Crippen molar-refractivity contribution >= 4 is 0 Å². The van der Waals surface area contributed by atoms with Crippen molar-refractivity contribution in [1.82, 2.24) is 0 Å². The Balaban J connectivity index is 1.31. The van der Waals surface area contributed by atoms with Crippen molar-refractivity contribution in [1.29, 1.82) is 0 Å². The highest BCUT2D eigenvalue weighted by Crippen LogP contribution is 2.45. The van der Waals surface area contributed by atoms with E-state index in [2.05, 4.69) is 0 Å². The smallest absolute Gasteiger partial charge is 0.200 e. The molecular weight excluding hydrogens is 322 g/mol. The molecule has 0 bridgehead atoms. The Morgan fingerprint density at radius 1 is 0.800 bits per heavy atom. The first kappa shape index (κ1) is 17.3. The van der Waals surface area contributed by atoms with Gasteiger partial charge in [-0.1, -0.05) is 25.3 Å². The molecule has 2 unspecified atom stereocenters. The van der Waals surface area contributed by atoms with Gasteiger partial charge in [0.05, 0.1) is 12.7 Å².